The zero-order valence-corrected chi connectivity index (χ0v) is 9.10. The van der Waals surface area contributed by atoms with Gasteiger partial charge in [-0.05, 0) is 43.4 Å². The van der Waals surface area contributed by atoms with E-state index in [1.165, 1.54) is 44.9 Å². The molecule has 1 saturated carbocycles. The first-order valence-electron chi connectivity index (χ1n) is 5.91. The summed E-state index contributed by atoms with van der Waals surface area (Å²) in [6.45, 7) is 4.66. The van der Waals surface area contributed by atoms with Gasteiger partial charge in [0, 0.05) is 0 Å². The Morgan fingerprint density at radius 1 is 1.15 bits per heavy atom. The standard InChI is InChI=1S/C13H22/c1-11(2)12-5-9-13(10-6-12)7-3-4-8-13/h5,11H,3-4,6-10H2,1-2H3. The van der Waals surface area contributed by atoms with E-state index in [0.717, 1.165) is 11.3 Å². The Morgan fingerprint density at radius 2 is 1.85 bits per heavy atom. The third-order valence-corrected chi connectivity index (χ3v) is 4.15. The van der Waals surface area contributed by atoms with Gasteiger partial charge in [-0.2, -0.15) is 0 Å². The number of hydrogen-bond donors (Lipinski definition) is 0. The normalized spacial score (nSPS) is 26.8. The van der Waals surface area contributed by atoms with Crippen molar-refractivity contribution in [1.29, 1.82) is 0 Å². The molecule has 74 valence electrons. The van der Waals surface area contributed by atoms with Gasteiger partial charge in [-0.1, -0.05) is 38.3 Å². The van der Waals surface area contributed by atoms with Crippen molar-refractivity contribution in [3.05, 3.63) is 11.6 Å². The maximum atomic E-state index is 2.56. The minimum atomic E-state index is 0.762. The highest BCUT2D eigenvalue weighted by Crippen LogP contribution is 2.48. The Hall–Kier alpha value is -0.260. The van der Waals surface area contributed by atoms with Crippen LogP contribution in [0.2, 0.25) is 0 Å². The molecule has 2 aliphatic rings. The molecule has 0 amide bonds. The van der Waals surface area contributed by atoms with Gasteiger partial charge in [-0.25, -0.2) is 0 Å². The van der Waals surface area contributed by atoms with E-state index in [4.69, 9.17) is 0 Å². The van der Waals surface area contributed by atoms with Crippen molar-refractivity contribution in [1.82, 2.24) is 0 Å². The minimum absolute atomic E-state index is 0.762. The molecule has 2 aliphatic carbocycles. The Labute approximate surface area is 82.4 Å². The Bertz CT molecular complexity index is 204. The first kappa shape index (κ1) is 9.30. The van der Waals surface area contributed by atoms with Crippen LogP contribution in [0.3, 0.4) is 0 Å². The van der Waals surface area contributed by atoms with Gasteiger partial charge in [-0.15, -0.1) is 0 Å². The van der Waals surface area contributed by atoms with Crippen molar-refractivity contribution in [3.63, 3.8) is 0 Å². The molecule has 0 radical (unpaired) electrons. The molecular formula is C13H22. The topological polar surface area (TPSA) is 0 Å². The minimum Gasteiger partial charge on any atom is -0.0845 e. The molecule has 1 spiro atoms. The number of allylic oxidation sites excluding steroid dienone is 2. The summed E-state index contributed by atoms with van der Waals surface area (Å²) >= 11 is 0. The van der Waals surface area contributed by atoms with Crippen LogP contribution in [0.25, 0.3) is 0 Å². The number of rotatable bonds is 1. The van der Waals surface area contributed by atoms with Crippen molar-refractivity contribution in [3.8, 4) is 0 Å². The van der Waals surface area contributed by atoms with E-state index in [9.17, 15) is 0 Å². The first-order chi connectivity index (χ1) is 6.22. The van der Waals surface area contributed by atoms with E-state index in [-0.39, 0.29) is 0 Å². The van der Waals surface area contributed by atoms with E-state index in [0.29, 0.717) is 0 Å². The quantitative estimate of drug-likeness (QED) is 0.525. The van der Waals surface area contributed by atoms with Crippen LogP contribution in [-0.2, 0) is 0 Å². The Balaban J connectivity index is 2.02. The lowest BCUT2D eigenvalue weighted by Crippen LogP contribution is -2.20. The molecule has 0 aromatic heterocycles. The molecule has 13 heavy (non-hydrogen) atoms. The third-order valence-electron chi connectivity index (χ3n) is 4.15. The van der Waals surface area contributed by atoms with Crippen LogP contribution in [0.1, 0.15) is 58.8 Å². The van der Waals surface area contributed by atoms with Crippen molar-refractivity contribution >= 4 is 0 Å². The fraction of sp³-hybridized carbons (Fsp3) is 0.846. The molecule has 0 heteroatoms. The van der Waals surface area contributed by atoms with Crippen LogP contribution < -0.4 is 0 Å². The van der Waals surface area contributed by atoms with Crippen molar-refractivity contribution in [2.24, 2.45) is 11.3 Å². The largest absolute Gasteiger partial charge is 0.0845 e. The molecule has 0 aromatic rings. The lowest BCUT2D eigenvalue weighted by atomic mass is 9.72. The van der Waals surface area contributed by atoms with Crippen molar-refractivity contribution in [2.75, 3.05) is 0 Å². The van der Waals surface area contributed by atoms with E-state index < -0.39 is 0 Å². The van der Waals surface area contributed by atoms with Crippen LogP contribution >= 0.6 is 0 Å². The number of hydrogen-bond acceptors (Lipinski definition) is 0. The molecule has 0 bridgehead atoms. The maximum Gasteiger partial charge on any atom is -0.0260 e. The van der Waals surface area contributed by atoms with Crippen LogP contribution in [-0.4, -0.2) is 0 Å². The molecule has 0 unspecified atom stereocenters. The predicted octanol–water partition coefficient (Wildman–Crippen LogP) is 4.31. The molecule has 0 saturated heterocycles. The summed E-state index contributed by atoms with van der Waals surface area (Å²) in [5.41, 5.74) is 2.48. The summed E-state index contributed by atoms with van der Waals surface area (Å²) < 4.78 is 0. The van der Waals surface area contributed by atoms with Crippen LogP contribution in [0.15, 0.2) is 11.6 Å². The highest BCUT2D eigenvalue weighted by atomic mass is 14.4. The molecule has 0 N–H and O–H groups in total. The van der Waals surface area contributed by atoms with Gasteiger partial charge in [0.05, 0.1) is 0 Å². The Morgan fingerprint density at radius 3 is 2.31 bits per heavy atom. The average Bonchev–Trinajstić information content (AvgIpc) is 2.54. The molecule has 0 nitrogen and oxygen atoms in total. The van der Waals surface area contributed by atoms with Gasteiger partial charge in [0.2, 0.25) is 0 Å². The third kappa shape index (κ3) is 1.82. The molecule has 1 fully saturated rings. The zero-order chi connectivity index (χ0) is 9.31. The summed E-state index contributed by atoms with van der Waals surface area (Å²) in [5, 5.41) is 0. The lowest BCUT2D eigenvalue weighted by Gasteiger charge is -2.33. The van der Waals surface area contributed by atoms with E-state index in [1.54, 1.807) is 5.57 Å². The molecule has 0 aliphatic heterocycles. The van der Waals surface area contributed by atoms with Crippen LogP contribution in [0, 0.1) is 11.3 Å². The second-order valence-corrected chi connectivity index (χ2v) is 5.34. The summed E-state index contributed by atoms with van der Waals surface area (Å²) in [5.74, 6) is 0.791. The van der Waals surface area contributed by atoms with Gasteiger partial charge in [0.1, 0.15) is 0 Å². The van der Waals surface area contributed by atoms with Gasteiger partial charge >= 0.3 is 0 Å². The molecule has 0 heterocycles. The van der Waals surface area contributed by atoms with E-state index in [1.807, 2.05) is 0 Å². The summed E-state index contributed by atoms with van der Waals surface area (Å²) in [7, 11) is 0. The molecule has 2 rings (SSSR count). The molecule has 0 aromatic carbocycles. The van der Waals surface area contributed by atoms with Gasteiger partial charge in [0.15, 0.2) is 0 Å². The SMILES string of the molecule is CC(C)C1=CCC2(CCCC2)CC1. The van der Waals surface area contributed by atoms with Crippen molar-refractivity contribution in [2.45, 2.75) is 58.8 Å². The van der Waals surface area contributed by atoms with Gasteiger partial charge < -0.3 is 0 Å². The van der Waals surface area contributed by atoms with Crippen LogP contribution in [0.5, 0.6) is 0 Å². The summed E-state index contributed by atoms with van der Waals surface area (Å²) in [4.78, 5) is 0. The summed E-state index contributed by atoms with van der Waals surface area (Å²) in [6.07, 6.45) is 12.8. The van der Waals surface area contributed by atoms with Gasteiger partial charge in [0.25, 0.3) is 0 Å². The van der Waals surface area contributed by atoms with E-state index >= 15 is 0 Å². The summed E-state index contributed by atoms with van der Waals surface area (Å²) in [6, 6.07) is 0. The zero-order valence-electron chi connectivity index (χ0n) is 9.10. The smallest absolute Gasteiger partial charge is 0.0260 e. The van der Waals surface area contributed by atoms with Crippen molar-refractivity contribution < 1.29 is 0 Å². The Kier molecular flexibility index (Phi) is 2.49. The second kappa shape index (κ2) is 3.48. The second-order valence-electron chi connectivity index (χ2n) is 5.34. The van der Waals surface area contributed by atoms with Gasteiger partial charge in [-0.3, -0.25) is 0 Å². The monoisotopic (exact) mass is 178 g/mol. The lowest BCUT2D eigenvalue weighted by molar-refractivity contribution is 0.258. The predicted molar refractivity (Wildman–Crippen MR) is 57.7 cm³/mol. The maximum absolute atomic E-state index is 2.56. The highest BCUT2D eigenvalue weighted by molar-refractivity contribution is 5.12. The van der Waals surface area contributed by atoms with Crippen LogP contribution in [0.4, 0.5) is 0 Å². The highest BCUT2D eigenvalue weighted by Gasteiger charge is 2.34. The fourth-order valence-corrected chi connectivity index (χ4v) is 3.06. The van der Waals surface area contributed by atoms with E-state index in [2.05, 4.69) is 19.9 Å². The first-order valence-corrected chi connectivity index (χ1v) is 5.91. The molecular weight excluding hydrogens is 156 g/mol. The molecule has 0 atom stereocenters. The average molecular weight is 178 g/mol. The fourth-order valence-electron chi connectivity index (χ4n) is 3.06.